The third-order valence-corrected chi connectivity index (χ3v) is 1.62. The van der Waals surface area contributed by atoms with Gasteiger partial charge in [-0.1, -0.05) is 0 Å². The Labute approximate surface area is 83.2 Å². The zero-order valence-corrected chi connectivity index (χ0v) is 8.45. The number of hydrogen-bond donors (Lipinski definition) is 1. The van der Waals surface area contributed by atoms with E-state index in [4.69, 9.17) is 9.15 Å². The van der Waals surface area contributed by atoms with Crippen LogP contribution in [-0.4, -0.2) is 18.6 Å². The maximum atomic E-state index is 11.2. The average molecular weight is 197 g/mol. The van der Waals surface area contributed by atoms with Crippen molar-refractivity contribution in [3.05, 3.63) is 24.2 Å². The number of amides is 1. The van der Waals surface area contributed by atoms with Crippen molar-refractivity contribution >= 4 is 5.91 Å². The van der Waals surface area contributed by atoms with E-state index < -0.39 is 0 Å². The van der Waals surface area contributed by atoms with E-state index >= 15 is 0 Å². The van der Waals surface area contributed by atoms with Crippen molar-refractivity contribution in [2.24, 2.45) is 0 Å². The summed E-state index contributed by atoms with van der Waals surface area (Å²) in [6.45, 7) is 4.37. The fourth-order valence-corrected chi connectivity index (χ4v) is 0.887. The summed E-state index contributed by atoms with van der Waals surface area (Å²) >= 11 is 0. The quantitative estimate of drug-likeness (QED) is 0.774. The van der Waals surface area contributed by atoms with Gasteiger partial charge in [0, 0.05) is 12.1 Å². The molecule has 1 heterocycles. The van der Waals surface area contributed by atoms with Crippen molar-refractivity contribution in [3.8, 4) is 0 Å². The van der Waals surface area contributed by atoms with E-state index in [2.05, 4.69) is 5.32 Å². The van der Waals surface area contributed by atoms with Crippen LogP contribution >= 0.6 is 0 Å². The second kappa shape index (κ2) is 5.44. The minimum Gasteiger partial charge on any atom is -0.472 e. The first-order valence-corrected chi connectivity index (χ1v) is 4.58. The summed E-state index contributed by atoms with van der Waals surface area (Å²) in [5.74, 6) is -0.111. The van der Waals surface area contributed by atoms with Gasteiger partial charge in [0.25, 0.3) is 0 Å². The van der Waals surface area contributed by atoms with Gasteiger partial charge in [0.05, 0.1) is 18.6 Å². The van der Waals surface area contributed by atoms with Crippen molar-refractivity contribution < 1.29 is 13.9 Å². The number of rotatable bonds is 5. The maximum Gasteiger partial charge on any atom is 0.246 e. The highest BCUT2D eigenvalue weighted by Crippen LogP contribution is 1.98. The third kappa shape index (κ3) is 4.09. The lowest BCUT2D eigenvalue weighted by Crippen LogP contribution is -2.28. The molecule has 0 radical (unpaired) electrons. The molecule has 0 saturated carbocycles. The minimum atomic E-state index is -0.111. The molecular formula is C10H15NO3. The minimum absolute atomic E-state index is 0.0784. The van der Waals surface area contributed by atoms with E-state index in [1.54, 1.807) is 12.5 Å². The lowest BCUT2D eigenvalue weighted by atomic mass is 10.3. The standard InChI is InChI=1S/C10H15NO3/c1-8(2)14-7-10(12)11-5-9-3-4-13-6-9/h3-4,6,8H,5,7H2,1-2H3,(H,11,12). The second-order valence-electron chi connectivity index (χ2n) is 3.27. The molecule has 78 valence electrons. The fourth-order valence-electron chi connectivity index (χ4n) is 0.887. The van der Waals surface area contributed by atoms with E-state index in [1.165, 1.54) is 0 Å². The van der Waals surface area contributed by atoms with Crippen LogP contribution in [-0.2, 0) is 16.1 Å². The smallest absolute Gasteiger partial charge is 0.246 e. The van der Waals surface area contributed by atoms with Crippen LogP contribution in [0.4, 0.5) is 0 Å². The zero-order chi connectivity index (χ0) is 10.4. The van der Waals surface area contributed by atoms with E-state index in [-0.39, 0.29) is 18.6 Å². The molecule has 0 atom stereocenters. The zero-order valence-electron chi connectivity index (χ0n) is 8.45. The SMILES string of the molecule is CC(C)OCC(=O)NCc1ccoc1. The Bertz CT molecular complexity index is 267. The highest BCUT2D eigenvalue weighted by molar-refractivity contribution is 5.77. The van der Waals surface area contributed by atoms with Gasteiger partial charge in [-0.2, -0.15) is 0 Å². The topological polar surface area (TPSA) is 51.5 Å². The number of carbonyl (C=O) groups excluding carboxylic acids is 1. The summed E-state index contributed by atoms with van der Waals surface area (Å²) < 4.78 is 10.0. The number of carbonyl (C=O) groups is 1. The summed E-state index contributed by atoms with van der Waals surface area (Å²) in [7, 11) is 0. The van der Waals surface area contributed by atoms with Crippen LogP contribution in [0.15, 0.2) is 23.0 Å². The summed E-state index contributed by atoms with van der Waals surface area (Å²) in [6.07, 6.45) is 3.25. The van der Waals surface area contributed by atoms with E-state index in [9.17, 15) is 4.79 Å². The van der Waals surface area contributed by atoms with Crippen LogP contribution in [0.5, 0.6) is 0 Å². The van der Waals surface area contributed by atoms with Gasteiger partial charge in [-0.05, 0) is 19.9 Å². The van der Waals surface area contributed by atoms with Crippen molar-refractivity contribution in [1.82, 2.24) is 5.32 Å². The van der Waals surface area contributed by atoms with Gasteiger partial charge >= 0.3 is 0 Å². The van der Waals surface area contributed by atoms with Crippen LogP contribution < -0.4 is 5.32 Å². The summed E-state index contributed by atoms with van der Waals surface area (Å²) in [6, 6.07) is 1.81. The Hall–Kier alpha value is -1.29. The summed E-state index contributed by atoms with van der Waals surface area (Å²) in [4.78, 5) is 11.2. The van der Waals surface area contributed by atoms with Gasteiger partial charge in [-0.15, -0.1) is 0 Å². The molecule has 0 aliphatic carbocycles. The molecule has 1 amide bonds. The number of ether oxygens (including phenoxy) is 1. The second-order valence-corrected chi connectivity index (χ2v) is 3.27. The Morgan fingerprint density at radius 1 is 1.64 bits per heavy atom. The number of hydrogen-bond acceptors (Lipinski definition) is 3. The number of nitrogens with one attached hydrogen (secondary N) is 1. The predicted molar refractivity (Wildman–Crippen MR) is 51.6 cm³/mol. The molecule has 1 rings (SSSR count). The summed E-state index contributed by atoms with van der Waals surface area (Å²) in [5.41, 5.74) is 0.947. The Morgan fingerprint density at radius 3 is 3.00 bits per heavy atom. The monoisotopic (exact) mass is 197 g/mol. The molecule has 0 aromatic carbocycles. The van der Waals surface area contributed by atoms with Gasteiger partial charge < -0.3 is 14.5 Å². The Morgan fingerprint density at radius 2 is 2.43 bits per heavy atom. The first-order chi connectivity index (χ1) is 6.68. The summed E-state index contributed by atoms with van der Waals surface area (Å²) in [5, 5.41) is 2.72. The van der Waals surface area contributed by atoms with E-state index in [1.807, 2.05) is 19.9 Å². The van der Waals surface area contributed by atoms with Crippen molar-refractivity contribution in [2.75, 3.05) is 6.61 Å². The predicted octanol–water partition coefficient (Wildman–Crippen LogP) is 1.32. The molecule has 4 nitrogen and oxygen atoms in total. The maximum absolute atomic E-state index is 11.2. The molecule has 1 N–H and O–H groups in total. The highest BCUT2D eigenvalue weighted by atomic mass is 16.5. The van der Waals surface area contributed by atoms with Gasteiger partial charge in [0.2, 0.25) is 5.91 Å². The van der Waals surface area contributed by atoms with E-state index in [0.717, 1.165) is 5.56 Å². The number of furan rings is 1. The molecule has 0 aliphatic heterocycles. The lowest BCUT2D eigenvalue weighted by molar-refractivity contribution is -0.127. The molecule has 0 fully saturated rings. The molecule has 1 aromatic heterocycles. The molecule has 0 spiro atoms. The first kappa shape index (κ1) is 10.8. The van der Waals surface area contributed by atoms with Crippen LogP contribution in [0, 0.1) is 0 Å². The molecule has 0 saturated heterocycles. The highest BCUT2D eigenvalue weighted by Gasteiger charge is 2.03. The van der Waals surface area contributed by atoms with Crippen LogP contribution in [0.25, 0.3) is 0 Å². The van der Waals surface area contributed by atoms with Gasteiger partial charge in [-0.3, -0.25) is 4.79 Å². The van der Waals surface area contributed by atoms with Crippen molar-refractivity contribution in [3.63, 3.8) is 0 Å². The lowest BCUT2D eigenvalue weighted by Gasteiger charge is -2.07. The molecule has 14 heavy (non-hydrogen) atoms. The largest absolute Gasteiger partial charge is 0.472 e. The van der Waals surface area contributed by atoms with Crippen LogP contribution in [0.2, 0.25) is 0 Å². The van der Waals surface area contributed by atoms with Crippen LogP contribution in [0.3, 0.4) is 0 Å². The Balaban J connectivity index is 2.15. The molecule has 1 aromatic rings. The first-order valence-electron chi connectivity index (χ1n) is 4.58. The third-order valence-electron chi connectivity index (χ3n) is 1.62. The molecular weight excluding hydrogens is 182 g/mol. The Kier molecular flexibility index (Phi) is 4.19. The van der Waals surface area contributed by atoms with Crippen molar-refractivity contribution in [2.45, 2.75) is 26.5 Å². The fraction of sp³-hybridized carbons (Fsp3) is 0.500. The molecule has 0 aliphatic rings. The van der Waals surface area contributed by atoms with Gasteiger partial charge in [0.1, 0.15) is 6.61 Å². The van der Waals surface area contributed by atoms with E-state index in [0.29, 0.717) is 6.54 Å². The molecule has 0 bridgehead atoms. The molecule has 0 unspecified atom stereocenters. The molecule has 4 heteroatoms. The van der Waals surface area contributed by atoms with Gasteiger partial charge in [0.15, 0.2) is 0 Å². The normalized spacial score (nSPS) is 10.5. The van der Waals surface area contributed by atoms with Crippen LogP contribution in [0.1, 0.15) is 19.4 Å². The average Bonchev–Trinajstić information content (AvgIpc) is 2.63. The van der Waals surface area contributed by atoms with Crippen molar-refractivity contribution in [1.29, 1.82) is 0 Å². The van der Waals surface area contributed by atoms with Gasteiger partial charge in [-0.25, -0.2) is 0 Å².